The Balaban J connectivity index is 1.45. The third-order valence-corrected chi connectivity index (χ3v) is 8.58. The lowest BCUT2D eigenvalue weighted by atomic mass is 9.99. The van der Waals surface area contributed by atoms with Gasteiger partial charge in [-0.25, -0.2) is 4.79 Å². The van der Waals surface area contributed by atoms with Crippen LogP contribution in [0.3, 0.4) is 0 Å². The second-order valence-electron chi connectivity index (χ2n) is 13.4. The maximum Gasteiger partial charge on any atom is 0.412 e. The highest BCUT2D eigenvalue weighted by molar-refractivity contribution is 5.88. The first-order valence-corrected chi connectivity index (χ1v) is 16.1. The number of anilines is 1. The molecule has 0 spiro atoms. The molecule has 0 saturated carbocycles. The molecule has 0 saturated heterocycles. The molecular formula is C38H37N5O7. The number of carbonyl (C=O) groups is 1. The minimum Gasteiger partial charge on any atom is -0.444 e. The van der Waals surface area contributed by atoms with Gasteiger partial charge in [0.1, 0.15) is 30.0 Å². The van der Waals surface area contributed by atoms with Gasteiger partial charge in [0.25, 0.3) is 0 Å². The summed E-state index contributed by atoms with van der Waals surface area (Å²) in [6.45, 7) is 5.20. The molecule has 1 amide bonds. The summed E-state index contributed by atoms with van der Waals surface area (Å²) in [6.07, 6.45) is -5.95. The van der Waals surface area contributed by atoms with Crippen LogP contribution in [0.2, 0.25) is 0 Å². The third kappa shape index (κ3) is 6.38. The van der Waals surface area contributed by atoms with Gasteiger partial charge in [-0.3, -0.25) is 15.3 Å². The van der Waals surface area contributed by atoms with Gasteiger partial charge in [0.05, 0.1) is 29.4 Å². The first kappa shape index (κ1) is 33.1. The van der Waals surface area contributed by atoms with Gasteiger partial charge in [0, 0.05) is 38.9 Å². The zero-order chi connectivity index (χ0) is 35.3. The number of carbonyl (C=O) groups excluding carboxylic acids is 1. The van der Waals surface area contributed by atoms with Crippen LogP contribution in [0.5, 0.6) is 0 Å². The molecule has 8 bridgehead atoms. The number of rotatable bonds is 4. The summed E-state index contributed by atoms with van der Waals surface area (Å²) in [5, 5.41) is 57.4. The number of benzene rings is 2. The van der Waals surface area contributed by atoms with Crippen molar-refractivity contribution in [3.8, 4) is 22.3 Å². The fraction of sp³-hybridized carbons (Fsp3) is 0.237. The Morgan fingerprint density at radius 3 is 1.60 bits per heavy atom. The van der Waals surface area contributed by atoms with Gasteiger partial charge in [-0.05, 0) is 86.0 Å². The van der Waals surface area contributed by atoms with Gasteiger partial charge in [-0.15, -0.1) is 0 Å². The number of hydrogen-bond acceptors (Lipinski definition) is 9. The minimum atomic E-state index is -1.36. The zero-order valence-corrected chi connectivity index (χ0v) is 27.5. The molecule has 0 fully saturated rings. The van der Waals surface area contributed by atoms with Crippen molar-refractivity contribution in [2.45, 2.75) is 57.4 Å². The Morgan fingerprint density at radius 2 is 1.16 bits per heavy atom. The number of ether oxygens (including phenoxy) is 1. The van der Waals surface area contributed by atoms with Gasteiger partial charge in [0.15, 0.2) is 0 Å². The van der Waals surface area contributed by atoms with Crippen molar-refractivity contribution < 1.29 is 35.1 Å². The van der Waals surface area contributed by atoms with Crippen LogP contribution in [0.25, 0.3) is 44.3 Å². The van der Waals surface area contributed by atoms with Gasteiger partial charge < -0.3 is 40.2 Å². The van der Waals surface area contributed by atoms with E-state index >= 15 is 0 Å². The van der Waals surface area contributed by atoms with E-state index in [-0.39, 0.29) is 29.4 Å². The van der Waals surface area contributed by atoms with E-state index in [1.807, 2.05) is 12.1 Å². The highest BCUT2D eigenvalue weighted by Gasteiger charge is 2.33. The Bertz CT molecular complexity index is 2240. The predicted octanol–water partition coefficient (Wildman–Crippen LogP) is 6.02. The summed E-state index contributed by atoms with van der Waals surface area (Å²) < 4.78 is 5.36. The van der Waals surface area contributed by atoms with Crippen LogP contribution in [-0.2, 0) is 11.3 Å². The molecule has 3 aromatic heterocycles. The maximum atomic E-state index is 12.4. The summed E-state index contributed by atoms with van der Waals surface area (Å²) in [7, 11) is 0. The maximum absolute atomic E-state index is 12.4. The molecule has 256 valence electrons. The zero-order valence-electron chi connectivity index (χ0n) is 27.5. The average molecular weight is 676 g/mol. The fourth-order valence-electron chi connectivity index (χ4n) is 6.21. The van der Waals surface area contributed by atoms with E-state index in [0.717, 1.165) is 0 Å². The predicted molar refractivity (Wildman–Crippen MR) is 187 cm³/mol. The normalized spacial score (nSPS) is 19.0. The number of aromatic nitrogens is 4. The standard InChI is InChI=1S/C38H37N5O7/c1-38(2,3)50-37(49)41-22-10-8-21(9-11-22)30-26-15-13-24(40-26)17-27-33(45)35(47)31(42-27)29(20-6-4-19(18-44)5-7-20)25-14-12-23(39-25)16-28-34(46)36(48)32(30)43-28/h4-17,33-36,39-40,44-48H,18H2,1-3H3,(H,41,49). The molecular weight excluding hydrogens is 638 g/mol. The average Bonchev–Trinajstić information content (AvgIpc) is 3.85. The number of H-pyrrole nitrogens is 2. The van der Waals surface area contributed by atoms with Crippen molar-refractivity contribution in [1.29, 1.82) is 0 Å². The molecule has 2 aliphatic heterocycles. The number of nitrogens with zero attached hydrogens (tertiary/aromatic N) is 2. The van der Waals surface area contributed by atoms with Crippen LogP contribution in [0.15, 0.2) is 84.9 Å². The Kier molecular flexibility index (Phi) is 8.50. The number of aliphatic hydroxyl groups is 5. The lowest BCUT2D eigenvalue weighted by molar-refractivity contribution is 0.0256. The monoisotopic (exact) mass is 675 g/mol. The van der Waals surface area contributed by atoms with Gasteiger partial charge in [-0.2, -0.15) is 0 Å². The molecule has 50 heavy (non-hydrogen) atoms. The molecule has 7 rings (SSSR count). The number of aliphatic hydroxyl groups excluding tert-OH is 5. The lowest BCUT2D eigenvalue weighted by Gasteiger charge is -2.19. The van der Waals surface area contributed by atoms with E-state index in [2.05, 4.69) is 15.3 Å². The molecule has 4 unspecified atom stereocenters. The second kappa shape index (κ2) is 12.8. The SMILES string of the molecule is CC(C)(C)OC(=O)Nc1ccc(-c2c3nc(cc4ccc([nH]4)c(-c4ccc(CO)cc4)c4nc(cc5ccc2[nH]5)C(O)C4O)C(O)C3O)cc1. The summed E-state index contributed by atoms with van der Waals surface area (Å²) in [6, 6.07) is 24.5. The topological polar surface area (TPSA) is 197 Å². The van der Waals surface area contributed by atoms with E-state index in [4.69, 9.17) is 14.7 Å². The van der Waals surface area contributed by atoms with Crippen LogP contribution in [-0.4, -0.2) is 57.2 Å². The van der Waals surface area contributed by atoms with Crippen LogP contribution in [0.4, 0.5) is 10.5 Å². The molecule has 0 radical (unpaired) electrons. The van der Waals surface area contributed by atoms with Gasteiger partial charge >= 0.3 is 6.09 Å². The van der Waals surface area contributed by atoms with Crippen LogP contribution in [0.1, 0.15) is 73.5 Å². The summed E-state index contributed by atoms with van der Waals surface area (Å²) in [5.74, 6) is 0. The van der Waals surface area contributed by atoms with Gasteiger partial charge in [-0.1, -0.05) is 36.4 Å². The molecule has 8 N–H and O–H groups in total. The highest BCUT2D eigenvalue weighted by Crippen LogP contribution is 2.42. The van der Waals surface area contributed by atoms with Crippen LogP contribution >= 0.6 is 0 Å². The van der Waals surface area contributed by atoms with Crippen molar-refractivity contribution >= 4 is 33.8 Å². The van der Waals surface area contributed by atoms with Crippen molar-refractivity contribution in [2.75, 3.05) is 5.32 Å². The van der Waals surface area contributed by atoms with Crippen molar-refractivity contribution in [3.05, 3.63) is 113 Å². The molecule has 12 heteroatoms. The van der Waals surface area contributed by atoms with Crippen LogP contribution < -0.4 is 5.32 Å². The smallest absolute Gasteiger partial charge is 0.412 e. The fourth-order valence-corrected chi connectivity index (χ4v) is 6.21. The number of fused-ring (bicyclic) bond motifs is 8. The first-order chi connectivity index (χ1) is 23.9. The third-order valence-electron chi connectivity index (χ3n) is 8.58. The summed E-state index contributed by atoms with van der Waals surface area (Å²) in [5.41, 5.74) is 6.12. The number of amides is 1. The lowest BCUT2D eigenvalue weighted by Crippen LogP contribution is -2.27. The molecule has 2 aromatic carbocycles. The Hall–Kier alpha value is -5.37. The van der Waals surface area contributed by atoms with E-state index in [9.17, 15) is 30.3 Å². The largest absolute Gasteiger partial charge is 0.444 e. The molecule has 12 nitrogen and oxygen atoms in total. The second-order valence-corrected chi connectivity index (χ2v) is 13.4. The molecule has 4 atom stereocenters. The Labute approximate surface area is 286 Å². The van der Waals surface area contributed by atoms with Gasteiger partial charge in [0.2, 0.25) is 0 Å². The number of nitrogens with one attached hydrogen (secondary N) is 3. The minimum absolute atomic E-state index is 0.129. The number of aromatic amines is 2. The van der Waals surface area contributed by atoms with Crippen LogP contribution in [0, 0.1) is 0 Å². The number of hydrogen-bond donors (Lipinski definition) is 8. The van der Waals surface area contributed by atoms with Crippen molar-refractivity contribution in [3.63, 3.8) is 0 Å². The summed E-state index contributed by atoms with van der Waals surface area (Å²) >= 11 is 0. The summed E-state index contributed by atoms with van der Waals surface area (Å²) in [4.78, 5) is 28.4. The quantitative estimate of drug-likeness (QED) is 0.112. The molecule has 5 aromatic rings. The highest BCUT2D eigenvalue weighted by atomic mass is 16.6. The Morgan fingerprint density at radius 1 is 0.700 bits per heavy atom. The molecule has 2 aliphatic rings. The van der Waals surface area contributed by atoms with E-state index in [1.54, 1.807) is 93.6 Å². The van der Waals surface area contributed by atoms with E-state index in [1.165, 1.54) is 0 Å². The van der Waals surface area contributed by atoms with E-state index in [0.29, 0.717) is 55.6 Å². The first-order valence-electron chi connectivity index (χ1n) is 16.1. The molecule has 0 aliphatic carbocycles. The van der Waals surface area contributed by atoms with Crippen molar-refractivity contribution in [1.82, 2.24) is 19.9 Å². The van der Waals surface area contributed by atoms with E-state index < -0.39 is 36.1 Å². The van der Waals surface area contributed by atoms with Crippen molar-refractivity contribution in [2.24, 2.45) is 0 Å². The molecule has 5 heterocycles.